The summed E-state index contributed by atoms with van der Waals surface area (Å²) in [5.41, 5.74) is -6.40. The molecule has 0 spiro atoms. The van der Waals surface area contributed by atoms with Crippen LogP contribution in [0.15, 0.2) is 11.2 Å². The van der Waals surface area contributed by atoms with Crippen LogP contribution in [0.25, 0.3) is 16.7 Å². The number of hydrogen-bond acceptors (Lipinski definition) is 9. The Hall–Kier alpha value is -1.90. The highest BCUT2D eigenvalue weighted by molar-refractivity contribution is 7.99. The van der Waals surface area contributed by atoms with E-state index in [9.17, 15) is 26.0 Å². The largest absolute Gasteiger partial charge is 0.534 e. The average Bonchev–Trinajstić information content (AvgIpc) is 2.99. The van der Waals surface area contributed by atoms with Crippen molar-refractivity contribution >= 4 is 56.0 Å². The molecule has 2 aliphatic rings. The van der Waals surface area contributed by atoms with Gasteiger partial charge in [-0.1, -0.05) is 30.3 Å². The van der Waals surface area contributed by atoms with Crippen LogP contribution >= 0.6 is 23.4 Å². The lowest BCUT2D eigenvalue weighted by atomic mass is 10.2. The molecule has 2 aliphatic heterocycles. The second-order valence-electron chi connectivity index (χ2n) is 6.75. The van der Waals surface area contributed by atoms with E-state index >= 15 is 0 Å². The third-order valence-electron chi connectivity index (χ3n) is 4.69. The Balaban J connectivity index is 2.04. The fourth-order valence-electron chi connectivity index (χ4n) is 3.37. The maximum Gasteiger partial charge on any atom is 0.534 e. The number of anilines is 1. The summed E-state index contributed by atoms with van der Waals surface area (Å²) in [6.45, 7) is 2.56. The normalized spacial score (nSPS) is 19.2. The molecule has 2 aromatic heterocycles. The fourth-order valence-corrected chi connectivity index (χ4v) is 4.58. The van der Waals surface area contributed by atoms with Gasteiger partial charge in [0, 0.05) is 13.2 Å². The van der Waals surface area contributed by atoms with E-state index in [1.165, 1.54) is 11.8 Å². The Kier molecular flexibility index (Phi) is 6.15. The second kappa shape index (κ2) is 8.47. The number of halogens is 5. The van der Waals surface area contributed by atoms with Gasteiger partial charge in [-0.25, -0.2) is 19.3 Å². The molecule has 0 bridgehead atoms. The minimum Gasteiger partial charge on any atom is -0.379 e. The van der Waals surface area contributed by atoms with Crippen LogP contribution in [-0.2, 0) is 19.0 Å². The SMILES string of the molecule is CCSc1nc2c3c(nc(Cl)c(F)c3n1)C(OS(=O)(=O)C(F)(F)F)=C[C@H]1COCCCN21. The second-order valence-corrected chi connectivity index (χ2v) is 9.88. The first-order chi connectivity index (χ1) is 15.0. The summed E-state index contributed by atoms with van der Waals surface area (Å²) < 4.78 is 87.6. The third kappa shape index (κ3) is 4.08. The topological polar surface area (TPSA) is 94.5 Å². The lowest BCUT2D eigenvalue weighted by molar-refractivity contribution is -0.0509. The van der Waals surface area contributed by atoms with E-state index in [4.69, 9.17) is 16.3 Å². The number of rotatable bonds is 4. The van der Waals surface area contributed by atoms with E-state index in [0.29, 0.717) is 25.3 Å². The Morgan fingerprint density at radius 2 is 2.09 bits per heavy atom. The highest BCUT2D eigenvalue weighted by Crippen LogP contribution is 2.41. The molecule has 0 aromatic carbocycles. The van der Waals surface area contributed by atoms with Crippen LogP contribution in [0.3, 0.4) is 0 Å². The fraction of sp³-hybridized carbons (Fsp3) is 0.471. The summed E-state index contributed by atoms with van der Waals surface area (Å²) in [7, 11) is -6.05. The molecule has 0 amide bonds. The molecule has 0 aliphatic carbocycles. The van der Waals surface area contributed by atoms with Crippen molar-refractivity contribution in [3.63, 3.8) is 0 Å². The molecule has 0 radical (unpaired) electrons. The van der Waals surface area contributed by atoms with E-state index < -0.39 is 44.1 Å². The number of pyridine rings is 1. The molecule has 2 aromatic rings. The maximum atomic E-state index is 14.9. The van der Waals surface area contributed by atoms with Crippen LogP contribution in [0.2, 0.25) is 5.15 Å². The number of ether oxygens (including phenoxy) is 1. The zero-order chi connectivity index (χ0) is 23.3. The molecule has 4 rings (SSSR count). The summed E-state index contributed by atoms with van der Waals surface area (Å²) in [4.78, 5) is 14.1. The monoisotopic (exact) mass is 514 g/mol. The van der Waals surface area contributed by atoms with Crippen LogP contribution in [0.4, 0.5) is 23.4 Å². The standard InChI is InChI=1S/C17H15ClF4N4O4S2/c1-2-31-16-24-13-10-12(23-14(18)11(13)19)9(30-32(27,28)17(20,21)22)6-8-7-29-5-3-4-26(8)15(10)25-16/h6,8H,2-5,7H2,1H3/t8-/m0/s1. The summed E-state index contributed by atoms with van der Waals surface area (Å²) in [5.74, 6) is -1.01. The molecule has 1 atom stereocenters. The zero-order valence-corrected chi connectivity index (χ0v) is 18.7. The Morgan fingerprint density at radius 3 is 2.78 bits per heavy atom. The van der Waals surface area contributed by atoms with Gasteiger partial charge in [0.1, 0.15) is 17.0 Å². The molecule has 32 heavy (non-hydrogen) atoms. The van der Waals surface area contributed by atoms with Crippen molar-refractivity contribution in [1.29, 1.82) is 0 Å². The number of nitrogens with zero attached hydrogens (tertiary/aromatic N) is 4. The van der Waals surface area contributed by atoms with Crippen LogP contribution in [0.5, 0.6) is 0 Å². The van der Waals surface area contributed by atoms with Gasteiger partial charge in [0.25, 0.3) is 0 Å². The maximum absolute atomic E-state index is 14.9. The quantitative estimate of drug-likeness (QED) is 0.151. The number of alkyl halides is 3. The molecule has 174 valence electrons. The minimum atomic E-state index is -6.05. The van der Waals surface area contributed by atoms with Crippen molar-refractivity contribution in [3.8, 4) is 0 Å². The molecule has 0 unspecified atom stereocenters. The third-order valence-corrected chi connectivity index (χ3v) is 6.63. The lowest BCUT2D eigenvalue weighted by Gasteiger charge is -2.28. The van der Waals surface area contributed by atoms with Gasteiger partial charge in [-0.15, -0.1) is 0 Å². The van der Waals surface area contributed by atoms with Gasteiger partial charge in [0.15, 0.2) is 21.9 Å². The van der Waals surface area contributed by atoms with Crippen LogP contribution in [-0.4, -0.2) is 60.4 Å². The zero-order valence-electron chi connectivity index (χ0n) is 16.3. The summed E-state index contributed by atoms with van der Waals surface area (Å²) >= 11 is 7.12. The molecule has 0 saturated carbocycles. The number of fused-ring (bicyclic) bond motifs is 2. The number of hydrogen-bond donors (Lipinski definition) is 0. The van der Waals surface area contributed by atoms with Crippen molar-refractivity contribution in [2.75, 3.05) is 30.4 Å². The van der Waals surface area contributed by atoms with Crippen molar-refractivity contribution in [2.45, 2.75) is 30.1 Å². The number of aromatic nitrogens is 3. The van der Waals surface area contributed by atoms with Crippen molar-refractivity contribution in [2.24, 2.45) is 0 Å². The van der Waals surface area contributed by atoms with Gasteiger partial charge in [0.2, 0.25) is 0 Å². The van der Waals surface area contributed by atoms with Crippen molar-refractivity contribution in [1.82, 2.24) is 15.0 Å². The van der Waals surface area contributed by atoms with Gasteiger partial charge < -0.3 is 13.8 Å². The first-order valence-electron chi connectivity index (χ1n) is 9.30. The van der Waals surface area contributed by atoms with Crippen LogP contribution in [0.1, 0.15) is 19.0 Å². The van der Waals surface area contributed by atoms with Crippen molar-refractivity contribution < 1.29 is 34.9 Å². The summed E-state index contributed by atoms with van der Waals surface area (Å²) in [5, 5.41) is -0.574. The first-order valence-corrected chi connectivity index (χ1v) is 12.1. The van der Waals surface area contributed by atoms with Gasteiger partial charge in [-0.3, -0.25) is 0 Å². The molecule has 0 N–H and O–H groups in total. The first kappa shape index (κ1) is 23.3. The molecular weight excluding hydrogens is 500 g/mol. The van der Waals surface area contributed by atoms with Gasteiger partial charge in [-0.2, -0.15) is 21.6 Å². The van der Waals surface area contributed by atoms with Crippen molar-refractivity contribution in [3.05, 3.63) is 22.7 Å². The van der Waals surface area contributed by atoms with Gasteiger partial charge in [0.05, 0.1) is 18.0 Å². The van der Waals surface area contributed by atoms with E-state index in [1.54, 1.807) is 4.90 Å². The smallest absolute Gasteiger partial charge is 0.379 e. The summed E-state index contributed by atoms with van der Waals surface area (Å²) in [6.07, 6.45) is 1.68. The van der Waals surface area contributed by atoms with Gasteiger partial charge >= 0.3 is 15.6 Å². The molecule has 15 heteroatoms. The molecule has 1 fully saturated rings. The van der Waals surface area contributed by atoms with Gasteiger partial charge in [-0.05, 0) is 18.2 Å². The van der Waals surface area contributed by atoms with Crippen LogP contribution < -0.4 is 4.90 Å². The number of thioether (sulfide) groups is 1. The van der Waals surface area contributed by atoms with E-state index in [-0.39, 0.29) is 28.5 Å². The van der Waals surface area contributed by atoms with E-state index in [0.717, 1.165) is 6.08 Å². The predicted molar refractivity (Wildman–Crippen MR) is 109 cm³/mol. The lowest BCUT2D eigenvalue weighted by Crippen LogP contribution is -2.36. The molecule has 1 saturated heterocycles. The highest BCUT2D eigenvalue weighted by atomic mass is 35.5. The van der Waals surface area contributed by atoms with E-state index in [2.05, 4.69) is 19.1 Å². The average molecular weight is 515 g/mol. The molecular formula is C17H15ClF4N4O4S2. The Labute approximate surface area is 189 Å². The Bertz CT molecular complexity index is 1210. The predicted octanol–water partition coefficient (Wildman–Crippen LogP) is 3.75. The Morgan fingerprint density at radius 1 is 1.34 bits per heavy atom. The summed E-state index contributed by atoms with van der Waals surface area (Å²) in [6, 6.07) is -0.760. The molecule has 4 heterocycles. The minimum absolute atomic E-state index is 0.00484. The molecule has 8 nitrogen and oxygen atoms in total. The van der Waals surface area contributed by atoms with E-state index in [1.807, 2.05) is 6.92 Å². The highest BCUT2D eigenvalue weighted by Gasteiger charge is 2.49. The van der Waals surface area contributed by atoms with Crippen LogP contribution in [0, 0.1) is 5.82 Å².